The van der Waals surface area contributed by atoms with E-state index >= 15 is 0 Å². The fourth-order valence-corrected chi connectivity index (χ4v) is 2.51. The molecule has 1 saturated heterocycles. The van der Waals surface area contributed by atoms with Gasteiger partial charge in [0.15, 0.2) is 0 Å². The summed E-state index contributed by atoms with van der Waals surface area (Å²) >= 11 is 0. The molecule has 1 heterocycles. The molecular weight excluding hydrogens is 252 g/mol. The van der Waals surface area contributed by atoms with Crippen molar-refractivity contribution < 1.29 is 9.53 Å². The van der Waals surface area contributed by atoms with Gasteiger partial charge in [-0.3, -0.25) is 4.79 Å². The molecule has 4 heteroatoms. The minimum Gasteiger partial charge on any atom is -0.494 e. The quantitative estimate of drug-likeness (QED) is 0.868. The van der Waals surface area contributed by atoms with Crippen molar-refractivity contribution in [3.8, 4) is 5.75 Å². The summed E-state index contributed by atoms with van der Waals surface area (Å²) in [4.78, 5) is 14.3. The molecule has 1 aromatic rings. The number of amides is 1. The maximum atomic E-state index is 12.4. The molecule has 1 aliphatic heterocycles. The van der Waals surface area contributed by atoms with Crippen LogP contribution in [0, 0.1) is 0 Å². The minimum atomic E-state index is -0.0373. The van der Waals surface area contributed by atoms with Crippen LogP contribution in [0.4, 0.5) is 5.69 Å². The van der Waals surface area contributed by atoms with Gasteiger partial charge in [0.2, 0.25) is 5.91 Å². The first kappa shape index (κ1) is 14.9. The molecule has 1 fully saturated rings. The van der Waals surface area contributed by atoms with E-state index < -0.39 is 0 Å². The third-order valence-corrected chi connectivity index (χ3v) is 3.51. The molecule has 1 unspecified atom stereocenters. The van der Waals surface area contributed by atoms with E-state index in [4.69, 9.17) is 4.74 Å². The first-order valence-corrected chi connectivity index (χ1v) is 7.54. The summed E-state index contributed by atoms with van der Waals surface area (Å²) in [6.07, 6.45) is 2.97. The molecule has 1 aliphatic rings. The van der Waals surface area contributed by atoms with Gasteiger partial charge in [-0.25, -0.2) is 0 Å². The second kappa shape index (κ2) is 7.29. The van der Waals surface area contributed by atoms with Crippen LogP contribution in [0.2, 0.25) is 0 Å². The smallest absolute Gasteiger partial charge is 0.244 e. The number of carbonyl (C=O) groups excluding carboxylic acids is 1. The minimum absolute atomic E-state index is 0.0373. The maximum absolute atomic E-state index is 12.4. The number of carbonyl (C=O) groups is 1. The van der Waals surface area contributed by atoms with Crippen LogP contribution in [0.5, 0.6) is 5.75 Å². The van der Waals surface area contributed by atoms with E-state index in [1.54, 1.807) is 0 Å². The third-order valence-electron chi connectivity index (χ3n) is 3.51. The van der Waals surface area contributed by atoms with Crippen molar-refractivity contribution in [3.63, 3.8) is 0 Å². The Morgan fingerprint density at radius 3 is 2.70 bits per heavy atom. The van der Waals surface area contributed by atoms with Gasteiger partial charge in [0.05, 0.1) is 12.6 Å². The van der Waals surface area contributed by atoms with Crippen molar-refractivity contribution in [2.75, 3.05) is 24.6 Å². The first-order chi connectivity index (χ1) is 9.76. The van der Waals surface area contributed by atoms with E-state index in [0.29, 0.717) is 0 Å². The number of ether oxygens (including phenoxy) is 1. The van der Waals surface area contributed by atoms with Crippen LogP contribution >= 0.6 is 0 Å². The molecule has 1 atom stereocenters. The lowest BCUT2D eigenvalue weighted by atomic mass is 10.0. The van der Waals surface area contributed by atoms with Crippen LogP contribution in [-0.2, 0) is 4.79 Å². The monoisotopic (exact) mass is 276 g/mol. The first-order valence-electron chi connectivity index (χ1n) is 7.54. The fourth-order valence-electron chi connectivity index (χ4n) is 2.51. The summed E-state index contributed by atoms with van der Waals surface area (Å²) < 4.78 is 5.57. The maximum Gasteiger partial charge on any atom is 0.244 e. The molecule has 1 aromatic carbocycles. The van der Waals surface area contributed by atoms with Gasteiger partial charge in [0, 0.05) is 12.2 Å². The lowest BCUT2D eigenvalue weighted by Gasteiger charge is -2.32. The number of likely N-dealkylation sites (N-methyl/N-ethyl adjacent to an activating group) is 1. The molecule has 2 rings (SSSR count). The molecule has 0 bridgehead atoms. The molecule has 0 aromatic heterocycles. The number of benzene rings is 1. The number of nitrogens with one attached hydrogen (secondary N) is 1. The summed E-state index contributed by atoms with van der Waals surface area (Å²) in [5.41, 5.74) is 0.960. The molecule has 0 radical (unpaired) electrons. The SMILES string of the molecule is CCCOc1ccc(N2CCCC(NCC)C2=O)cc1. The number of nitrogens with zero attached hydrogens (tertiary/aromatic N) is 1. The zero-order valence-corrected chi connectivity index (χ0v) is 12.4. The Balaban J connectivity index is 2.04. The number of rotatable bonds is 6. The number of piperidine rings is 1. The highest BCUT2D eigenvalue weighted by Gasteiger charge is 2.28. The van der Waals surface area contributed by atoms with E-state index in [0.717, 1.165) is 50.4 Å². The topological polar surface area (TPSA) is 41.6 Å². The summed E-state index contributed by atoms with van der Waals surface area (Å²) in [5, 5.41) is 3.26. The molecule has 1 amide bonds. The molecule has 20 heavy (non-hydrogen) atoms. The highest BCUT2D eigenvalue weighted by Crippen LogP contribution is 2.23. The van der Waals surface area contributed by atoms with Crippen LogP contribution < -0.4 is 15.0 Å². The molecule has 0 saturated carbocycles. The average molecular weight is 276 g/mol. The highest BCUT2D eigenvalue weighted by atomic mass is 16.5. The van der Waals surface area contributed by atoms with Gasteiger partial charge in [-0.15, -0.1) is 0 Å². The van der Waals surface area contributed by atoms with Crippen molar-refractivity contribution in [3.05, 3.63) is 24.3 Å². The molecule has 1 N–H and O–H groups in total. The van der Waals surface area contributed by atoms with Crippen LogP contribution in [0.25, 0.3) is 0 Å². The Hall–Kier alpha value is -1.55. The van der Waals surface area contributed by atoms with Crippen molar-refractivity contribution >= 4 is 11.6 Å². The largest absolute Gasteiger partial charge is 0.494 e. The Morgan fingerprint density at radius 1 is 1.30 bits per heavy atom. The Labute approximate surface area is 121 Å². The fraction of sp³-hybridized carbons (Fsp3) is 0.562. The lowest BCUT2D eigenvalue weighted by Crippen LogP contribution is -2.50. The average Bonchev–Trinajstić information content (AvgIpc) is 2.48. The van der Waals surface area contributed by atoms with Gasteiger partial charge < -0.3 is 15.0 Å². The van der Waals surface area contributed by atoms with E-state index in [2.05, 4.69) is 12.2 Å². The Morgan fingerprint density at radius 2 is 2.05 bits per heavy atom. The summed E-state index contributed by atoms with van der Waals surface area (Å²) in [7, 11) is 0. The second-order valence-electron chi connectivity index (χ2n) is 5.08. The predicted molar refractivity (Wildman–Crippen MR) is 81.3 cm³/mol. The van der Waals surface area contributed by atoms with E-state index in [9.17, 15) is 4.79 Å². The summed E-state index contributed by atoms with van der Waals surface area (Å²) in [6, 6.07) is 7.78. The molecule has 0 aliphatic carbocycles. The zero-order valence-electron chi connectivity index (χ0n) is 12.4. The zero-order chi connectivity index (χ0) is 14.4. The van der Waals surface area contributed by atoms with Gasteiger partial charge in [0.25, 0.3) is 0 Å². The molecule has 4 nitrogen and oxygen atoms in total. The van der Waals surface area contributed by atoms with Crippen LogP contribution in [0.15, 0.2) is 24.3 Å². The lowest BCUT2D eigenvalue weighted by molar-refractivity contribution is -0.121. The molecular formula is C16H24N2O2. The van der Waals surface area contributed by atoms with Crippen molar-refractivity contribution in [1.29, 1.82) is 0 Å². The van der Waals surface area contributed by atoms with Gasteiger partial charge >= 0.3 is 0 Å². The standard InChI is InChI=1S/C16H24N2O2/c1-3-12-20-14-9-7-13(8-10-14)18-11-5-6-15(16(18)19)17-4-2/h7-10,15,17H,3-6,11-12H2,1-2H3. The second-order valence-corrected chi connectivity index (χ2v) is 5.08. The Bertz CT molecular complexity index is 429. The molecule has 110 valence electrons. The Kier molecular flexibility index (Phi) is 5.41. The van der Waals surface area contributed by atoms with Gasteiger partial charge in [-0.2, -0.15) is 0 Å². The normalized spacial score (nSPS) is 19.2. The van der Waals surface area contributed by atoms with E-state index in [-0.39, 0.29) is 11.9 Å². The van der Waals surface area contributed by atoms with E-state index in [1.165, 1.54) is 0 Å². The van der Waals surface area contributed by atoms with Gasteiger partial charge in [0.1, 0.15) is 5.75 Å². The van der Waals surface area contributed by atoms with Crippen molar-refractivity contribution in [2.45, 2.75) is 39.2 Å². The van der Waals surface area contributed by atoms with Gasteiger partial charge in [-0.05, 0) is 50.1 Å². The third kappa shape index (κ3) is 3.51. The van der Waals surface area contributed by atoms with Crippen LogP contribution in [0.3, 0.4) is 0 Å². The van der Waals surface area contributed by atoms with Gasteiger partial charge in [-0.1, -0.05) is 13.8 Å². The highest BCUT2D eigenvalue weighted by molar-refractivity contribution is 5.97. The van der Waals surface area contributed by atoms with E-state index in [1.807, 2.05) is 36.1 Å². The summed E-state index contributed by atoms with van der Waals surface area (Å²) in [5.74, 6) is 1.05. The van der Waals surface area contributed by atoms with Crippen LogP contribution in [0.1, 0.15) is 33.1 Å². The summed E-state index contributed by atoms with van der Waals surface area (Å²) in [6.45, 7) is 6.47. The number of hydrogen-bond acceptors (Lipinski definition) is 3. The molecule has 0 spiro atoms. The van der Waals surface area contributed by atoms with Crippen molar-refractivity contribution in [2.24, 2.45) is 0 Å². The number of anilines is 1. The van der Waals surface area contributed by atoms with Crippen LogP contribution in [-0.4, -0.2) is 31.6 Å². The predicted octanol–water partition coefficient (Wildman–Crippen LogP) is 2.58. The van der Waals surface area contributed by atoms with Crippen molar-refractivity contribution in [1.82, 2.24) is 5.32 Å². The number of hydrogen-bond donors (Lipinski definition) is 1.